The smallest absolute Gasteiger partial charge is 0.314 e. The van der Waals surface area contributed by atoms with E-state index in [1.807, 2.05) is 0 Å². The Kier molecular flexibility index (Phi) is 5.95. The largest absolute Gasteiger partial charge is 0.363 e. The maximum atomic E-state index is 11.9. The first-order valence-electron chi connectivity index (χ1n) is 8.85. The van der Waals surface area contributed by atoms with Crippen molar-refractivity contribution in [2.45, 2.75) is 25.8 Å². The quantitative estimate of drug-likeness (QED) is 0.622. The second-order valence-corrected chi connectivity index (χ2v) is 6.29. The van der Waals surface area contributed by atoms with E-state index in [1.165, 1.54) is 25.5 Å². The van der Waals surface area contributed by atoms with Crippen LogP contribution >= 0.6 is 0 Å². The van der Waals surface area contributed by atoms with E-state index in [4.69, 9.17) is 5.73 Å². The fraction of sp³-hybridized carbons (Fsp3) is 0.562. The molecular weight excluding hydrogens is 336 g/mol. The zero-order valence-corrected chi connectivity index (χ0v) is 14.6. The van der Waals surface area contributed by atoms with Crippen LogP contribution in [-0.4, -0.2) is 69.1 Å². The Morgan fingerprint density at radius 1 is 1.08 bits per heavy atom. The lowest BCUT2D eigenvalue weighted by atomic mass is 10.1. The summed E-state index contributed by atoms with van der Waals surface area (Å²) in [6, 6.07) is -0.195. The highest BCUT2D eigenvalue weighted by atomic mass is 16.2. The van der Waals surface area contributed by atoms with Crippen molar-refractivity contribution in [3.05, 3.63) is 18.3 Å². The van der Waals surface area contributed by atoms with E-state index in [9.17, 15) is 9.59 Å². The Bertz CT molecular complexity index is 769. The third-order valence-corrected chi connectivity index (χ3v) is 4.38. The van der Waals surface area contributed by atoms with Crippen molar-refractivity contribution < 1.29 is 9.59 Å². The van der Waals surface area contributed by atoms with Gasteiger partial charge in [-0.1, -0.05) is 6.42 Å². The van der Waals surface area contributed by atoms with Crippen LogP contribution in [0.4, 0.5) is 4.79 Å². The number of imidazole rings is 1. The second kappa shape index (κ2) is 8.56. The van der Waals surface area contributed by atoms with Crippen molar-refractivity contribution in [1.29, 1.82) is 0 Å². The molecule has 3 heterocycles. The summed E-state index contributed by atoms with van der Waals surface area (Å²) in [6.45, 7) is 4.64. The lowest BCUT2D eigenvalue weighted by Crippen LogP contribution is -2.42. The number of fused-ring (bicyclic) bond motifs is 1. The van der Waals surface area contributed by atoms with Crippen LogP contribution in [-0.2, 0) is 6.54 Å². The van der Waals surface area contributed by atoms with Gasteiger partial charge in [0.05, 0.1) is 12.5 Å². The van der Waals surface area contributed by atoms with Gasteiger partial charge in [0.15, 0.2) is 5.65 Å². The standard InChI is InChI=1S/C16H24N8O2/c17-13(25)14-20-10-12-15(22-14)24(11-21-12)9-5-19-16(26)18-4-8-23-6-2-1-3-7-23/h10-11H,1-9H2,(H2,17,25)(H2,18,19,26). The number of carbonyl (C=O) groups excluding carboxylic acids is 2. The highest BCUT2D eigenvalue weighted by Crippen LogP contribution is 2.09. The Morgan fingerprint density at radius 2 is 1.81 bits per heavy atom. The van der Waals surface area contributed by atoms with E-state index >= 15 is 0 Å². The molecule has 0 aliphatic carbocycles. The predicted molar refractivity (Wildman–Crippen MR) is 95.5 cm³/mol. The minimum atomic E-state index is -0.689. The average Bonchev–Trinajstić information content (AvgIpc) is 3.05. The Labute approximate surface area is 151 Å². The van der Waals surface area contributed by atoms with Crippen molar-refractivity contribution in [1.82, 2.24) is 35.1 Å². The number of nitrogens with one attached hydrogen (secondary N) is 2. The van der Waals surface area contributed by atoms with Crippen molar-refractivity contribution >= 4 is 23.1 Å². The number of piperidine rings is 1. The third kappa shape index (κ3) is 4.66. The molecule has 0 radical (unpaired) electrons. The van der Waals surface area contributed by atoms with Gasteiger partial charge >= 0.3 is 6.03 Å². The Morgan fingerprint density at radius 3 is 2.54 bits per heavy atom. The molecule has 1 saturated heterocycles. The van der Waals surface area contributed by atoms with Crippen LogP contribution < -0.4 is 16.4 Å². The summed E-state index contributed by atoms with van der Waals surface area (Å²) < 4.78 is 1.75. The predicted octanol–water partition coefficient (Wildman–Crippen LogP) is -0.290. The van der Waals surface area contributed by atoms with Crippen molar-refractivity contribution in [2.75, 3.05) is 32.7 Å². The minimum Gasteiger partial charge on any atom is -0.363 e. The topological polar surface area (TPSA) is 131 Å². The summed E-state index contributed by atoms with van der Waals surface area (Å²) in [4.78, 5) is 37.6. The number of hydrogen-bond acceptors (Lipinski definition) is 6. The van der Waals surface area contributed by atoms with Gasteiger partial charge < -0.3 is 25.8 Å². The van der Waals surface area contributed by atoms with Crippen LogP contribution in [0, 0.1) is 0 Å². The average molecular weight is 360 g/mol. The van der Waals surface area contributed by atoms with Crippen LogP contribution in [0.25, 0.3) is 11.2 Å². The molecule has 1 aliphatic heterocycles. The second-order valence-electron chi connectivity index (χ2n) is 6.29. The molecule has 0 aromatic carbocycles. The van der Waals surface area contributed by atoms with Crippen LogP contribution in [0.3, 0.4) is 0 Å². The minimum absolute atomic E-state index is 0.0531. The molecule has 2 aromatic heterocycles. The number of nitrogens with zero attached hydrogens (tertiary/aromatic N) is 5. The van der Waals surface area contributed by atoms with Gasteiger partial charge in [-0.15, -0.1) is 0 Å². The molecule has 0 unspecified atom stereocenters. The molecule has 10 heteroatoms. The number of aromatic nitrogens is 4. The van der Waals surface area contributed by atoms with E-state index in [1.54, 1.807) is 10.9 Å². The van der Waals surface area contributed by atoms with Crippen LogP contribution in [0.1, 0.15) is 29.9 Å². The summed E-state index contributed by atoms with van der Waals surface area (Å²) >= 11 is 0. The number of urea groups is 1. The number of primary amides is 1. The van der Waals surface area contributed by atoms with Crippen LogP contribution in [0.2, 0.25) is 0 Å². The lowest BCUT2D eigenvalue weighted by Gasteiger charge is -2.26. The normalized spacial score (nSPS) is 15.1. The number of nitrogens with two attached hydrogens (primary N) is 1. The molecule has 140 valence electrons. The molecule has 0 atom stereocenters. The van der Waals surface area contributed by atoms with Gasteiger partial charge in [0.2, 0.25) is 5.82 Å². The maximum absolute atomic E-state index is 11.9. The molecule has 2 aromatic rings. The molecular formula is C16H24N8O2. The zero-order valence-electron chi connectivity index (χ0n) is 14.6. The highest BCUT2D eigenvalue weighted by molar-refractivity contribution is 5.90. The molecule has 0 bridgehead atoms. The van der Waals surface area contributed by atoms with E-state index in [-0.39, 0.29) is 11.9 Å². The van der Waals surface area contributed by atoms with Gasteiger partial charge in [-0.25, -0.2) is 19.7 Å². The van der Waals surface area contributed by atoms with Gasteiger partial charge in [0.1, 0.15) is 5.52 Å². The maximum Gasteiger partial charge on any atom is 0.314 e. The Hall–Kier alpha value is -2.75. The molecule has 10 nitrogen and oxygen atoms in total. The first-order valence-corrected chi connectivity index (χ1v) is 8.85. The van der Waals surface area contributed by atoms with Crippen LogP contribution in [0.15, 0.2) is 12.5 Å². The third-order valence-electron chi connectivity index (χ3n) is 4.38. The molecule has 0 saturated carbocycles. The summed E-state index contributed by atoms with van der Waals surface area (Å²) in [6.07, 6.45) is 6.84. The van der Waals surface area contributed by atoms with Crippen molar-refractivity contribution in [2.24, 2.45) is 5.73 Å². The molecule has 1 fully saturated rings. The number of amides is 3. The molecule has 1 aliphatic rings. The van der Waals surface area contributed by atoms with Crippen molar-refractivity contribution in [3.8, 4) is 0 Å². The summed E-state index contributed by atoms with van der Waals surface area (Å²) in [5.41, 5.74) is 6.29. The van der Waals surface area contributed by atoms with Crippen LogP contribution in [0.5, 0.6) is 0 Å². The molecule has 4 N–H and O–H groups in total. The van der Waals surface area contributed by atoms with Gasteiger partial charge in [0, 0.05) is 26.2 Å². The van der Waals surface area contributed by atoms with Crippen molar-refractivity contribution in [3.63, 3.8) is 0 Å². The Balaban J connectivity index is 1.42. The first kappa shape index (κ1) is 18.1. The number of likely N-dealkylation sites (tertiary alicyclic amines) is 1. The van der Waals surface area contributed by atoms with Gasteiger partial charge in [-0.05, 0) is 25.9 Å². The monoisotopic (exact) mass is 360 g/mol. The number of rotatable bonds is 7. The van der Waals surface area contributed by atoms with E-state index in [0.717, 1.165) is 19.6 Å². The lowest BCUT2D eigenvalue weighted by molar-refractivity contribution is 0.0990. The van der Waals surface area contributed by atoms with E-state index < -0.39 is 5.91 Å². The summed E-state index contributed by atoms with van der Waals surface area (Å²) in [7, 11) is 0. The van der Waals surface area contributed by atoms with Gasteiger partial charge in [-0.3, -0.25) is 4.79 Å². The fourth-order valence-corrected chi connectivity index (χ4v) is 3.00. The molecule has 0 spiro atoms. The SMILES string of the molecule is NC(=O)c1ncc2ncn(CCNC(=O)NCCN3CCCCC3)c2n1. The zero-order chi connectivity index (χ0) is 18.4. The fourth-order valence-electron chi connectivity index (χ4n) is 3.00. The first-order chi connectivity index (χ1) is 12.6. The van der Waals surface area contributed by atoms with Gasteiger partial charge in [-0.2, -0.15) is 0 Å². The summed E-state index contributed by atoms with van der Waals surface area (Å²) in [5.74, 6) is -0.742. The number of hydrogen-bond donors (Lipinski definition) is 3. The van der Waals surface area contributed by atoms with E-state index in [0.29, 0.717) is 30.8 Å². The van der Waals surface area contributed by atoms with E-state index in [2.05, 4.69) is 30.5 Å². The summed E-state index contributed by atoms with van der Waals surface area (Å²) in [5, 5.41) is 5.68. The molecule has 3 rings (SSSR count). The highest BCUT2D eigenvalue weighted by Gasteiger charge is 2.11. The van der Waals surface area contributed by atoms with Gasteiger partial charge in [0.25, 0.3) is 5.91 Å². The molecule has 26 heavy (non-hydrogen) atoms. The molecule has 3 amide bonds. The number of carbonyl (C=O) groups is 2.